The number of sulfone groups is 1. The zero-order valence-electron chi connectivity index (χ0n) is 19.6. The average Bonchev–Trinajstić information content (AvgIpc) is 3.15. The van der Waals surface area contributed by atoms with Crippen LogP contribution < -0.4 is 5.32 Å². The first-order chi connectivity index (χ1) is 16.3. The predicted molar refractivity (Wildman–Crippen MR) is 129 cm³/mol. The Morgan fingerprint density at radius 2 is 1.65 bits per heavy atom. The summed E-state index contributed by atoms with van der Waals surface area (Å²) in [6.07, 6.45) is 5.80. The van der Waals surface area contributed by atoms with Gasteiger partial charge in [-0.2, -0.15) is 0 Å². The van der Waals surface area contributed by atoms with Crippen LogP contribution in [0.4, 0.5) is 10.1 Å². The van der Waals surface area contributed by atoms with E-state index in [9.17, 15) is 22.4 Å². The van der Waals surface area contributed by atoms with E-state index in [4.69, 9.17) is 0 Å². The zero-order valence-corrected chi connectivity index (χ0v) is 20.4. The summed E-state index contributed by atoms with van der Waals surface area (Å²) in [6, 6.07) is 5.77. The molecular formula is C24H35FN4O4S. The van der Waals surface area contributed by atoms with E-state index in [-0.39, 0.29) is 48.5 Å². The topological polar surface area (TPSA) is 90.0 Å². The fourth-order valence-corrected chi connectivity index (χ4v) is 7.12. The molecule has 34 heavy (non-hydrogen) atoms. The van der Waals surface area contributed by atoms with Crippen molar-refractivity contribution in [2.75, 3.05) is 56.1 Å². The van der Waals surface area contributed by atoms with Gasteiger partial charge in [0.2, 0.25) is 11.8 Å². The standard InChI is InChI=1S/C24H35FN4O4S/c25-19-5-4-6-20(15-19)26-23(30)16-27-10-12-28(13-11-27)17-24(31)29(21-7-2-1-3-8-21)22-9-14-34(32,33)18-22/h4-6,15,21-22H,1-3,7-14,16-18H2,(H,26,30). The first-order valence-corrected chi connectivity index (χ1v) is 14.1. The highest BCUT2D eigenvalue weighted by molar-refractivity contribution is 7.91. The lowest BCUT2D eigenvalue weighted by Gasteiger charge is -2.40. The Morgan fingerprint density at radius 1 is 0.971 bits per heavy atom. The molecule has 10 heteroatoms. The highest BCUT2D eigenvalue weighted by atomic mass is 32.2. The second-order valence-corrected chi connectivity index (χ2v) is 12.0. The minimum atomic E-state index is -3.06. The molecule has 2 aliphatic heterocycles. The van der Waals surface area contributed by atoms with Gasteiger partial charge in [0, 0.05) is 44.0 Å². The first-order valence-electron chi connectivity index (χ1n) is 12.3. The highest BCUT2D eigenvalue weighted by Gasteiger charge is 2.39. The zero-order chi connectivity index (χ0) is 24.1. The summed E-state index contributed by atoms with van der Waals surface area (Å²) in [7, 11) is -3.06. The molecule has 3 fully saturated rings. The molecule has 1 unspecified atom stereocenters. The third kappa shape index (κ3) is 6.76. The molecule has 1 atom stereocenters. The number of amides is 2. The van der Waals surface area contributed by atoms with Crippen LogP contribution in [0.15, 0.2) is 24.3 Å². The molecule has 0 spiro atoms. The van der Waals surface area contributed by atoms with Crippen molar-refractivity contribution < 1.29 is 22.4 Å². The maximum Gasteiger partial charge on any atom is 0.238 e. The first kappa shape index (κ1) is 25.1. The van der Waals surface area contributed by atoms with Gasteiger partial charge in [-0.1, -0.05) is 25.3 Å². The van der Waals surface area contributed by atoms with Gasteiger partial charge < -0.3 is 10.2 Å². The quantitative estimate of drug-likeness (QED) is 0.621. The van der Waals surface area contributed by atoms with Crippen LogP contribution >= 0.6 is 0 Å². The summed E-state index contributed by atoms with van der Waals surface area (Å²) in [5.41, 5.74) is 0.436. The van der Waals surface area contributed by atoms with Gasteiger partial charge in [-0.05, 0) is 37.5 Å². The van der Waals surface area contributed by atoms with E-state index >= 15 is 0 Å². The molecule has 0 bridgehead atoms. The van der Waals surface area contributed by atoms with Crippen molar-refractivity contribution in [3.8, 4) is 0 Å². The van der Waals surface area contributed by atoms with Gasteiger partial charge in [-0.3, -0.25) is 19.4 Å². The summed E-state index contributed by atoms with van der Waals surface area (Å²) < 4.78 is 37.5. The molecule has 1 aromatic rings. The lowest BCUT2D eigenvalue weighted by molar-refractivity contribution is -0.138. The minimum absolute atomic E-state index is 0.0336. The van der Waals surface area contributed by atoms with Crippen molar-refractivity contribution >= 4 is 27.3 Å². The number of hydrogen-bond acceptors (Lipinski definition) is 6. The molecule has 8 nitrogen and oxygen atoms in total. The van der Waals surface area contributed by atoms with Crippen LogP contribution in [0.2, 0.25) is 0 Å². The molecule has 2 heterocycles. The van der Waals surface area contributed by atoms with Crippen molar-refractivity contribution in [2.45, 2.75) is 50.6 Å². The van der Waals surface area contributed by atoms with Crippen molar-refractivity contribution in [1.82, 2.24) is 14.7 Å². The van der Waals surface area contributed by atoms with E-state index < -0.39 is 15.7 Å². The average molecular weight is 495 g/mol. The molecule has 0 radical (unpaired) electrons. The molecule has 188 valence electrons. The number of rotatable bonds is 7. The number of nitrogens with one attached hydrogen (secondary N) is 1. The fraction of sp³-hybridized carbons (Fsp3) is 0.667. The third-order valence-electron chi connectivity index (χ3n) is 7.16. The van der Waals surface area contributed by atoms with Crippen LogP contribution in [-0.4, -0.2) is 97.8 Å². The second-order valence-electron chi connectivity index (χ2n) is 9.76. The Labute approximate surface area is 201 Å². The Bertz CT molecular complexity index is 975. The van der Waals surface area contributed by atoms with Crippen molar-refractivity contribution in [1.29, 1.82) is 0 Å². The van der Waals surface area contributed by atoms with Crippen LogP contribution in [0.1, 0.15) is 38.5 Å². The van der Waals surface area contributed by atoms with E-state index in [0.717, 1.165) is 25.7 Å². The summed E-state index contributed by atoms with van der Waals surface area (Å²) in [5, 5.41) is 2.72. The minimum Gasteiger partial charge on any atom is -0.335 e. The van der Waals surface area contributed by atoms with Crippen LogP contribution in [0.3, 0.4) is 0 Å². The normalized spacial score (nSPS) is 24.1. The number of carbonyl (C=O) groups excluding carboxylic acids is 2. The largest absolute Gasteiger partial charge is 0.335 e. The predicted octanol–water partition coefficient (Wildman–Crippen LogP) is 1.73. The number of hydrogen-bond donors (Lipinski definition) is 1. The van der Waals surface area contributed by atoms with Gasteiger partial charge in [0.05, 0.1) is 24.6 Å². The van der Waals surface area contributed by atoms with Crippen molar-refractivity contribution in [3.05, 3.63) is 30.1 Å². The van der Waals surface area contributed by atoms with Crippen LogP contribution in [-0.2, 0) is 19.4 Å². The van der Waals surface area contributed by atoms with Gasteiger partial charge in [-0.15, -0.1) is 0 Å². The van der Waals surface area contributed by atoms with Gasteiger partial charge in [0.25, 0.3) is 0 Å². The SMILES string of the molecule is O=C(CN1CCN(CC(=O)N(C2CCCCC2)C2CCS(=O)(=O)C2)CC1)Nc1cccc(F)c1. The van der Waals surface area contributed by atoms with E-state index in [0.29, 0.717) is 38.3 Å². The van der Waals surface area contributed by atoms with Crippen LogP contribution in [0, 0.1) is 5.82 Å². The molecule has 1 aliphatic carbocycles. The second kappa shape index (κ2) is 11.1. The highest BCUT2D eigenvalue weighted by Crippen LogP contribution is 2.28. The van der Waals surface area contributed by atoms with Crippen molar-refractivity contribution in [3.63, 3.8) is 0 Å². The lowest BCUT2D eigenvalue weighted by atomic mass is 9.92. The number of piperazine rings is 1. The molecule has 0 aromatic heterocycles. The number of carbonyl (C=O) groups is 2. The van der Waals surface area contributed by atoms with Gasteiger partial charge in [-0.25, -0.2) is 12.8 Å². The molecule has 3 aliphatic rings. The van der Waals surface area contributed by atoms with Gasteiger partial charge in [0.1, 0.15) is 5.82 Å². The Balaban J connectivity index is 1.27. The smallest absolute Gasteiger partial charge is 0.238 e. The van der Waals surface area contributed by atoms with E-state index in [1.54, 1.807) is 12.1 Å². The summed E-state index contributed by atoms with van der Waals surface area (Å²) >= 11 is 0. The third-order valence-corrected chi connectivity index (χ3v) is 8.91. The molecular weight excluding hydrogens is 459 g/mol. The maximum absolute atomic E-state index is 13.4. The fourth-order valence-electron chi connectivity index (χ4n) is 5.41. The molecule has 2 amide bonds. The van der Waals surface area contributed by atoms with Gasteiger partial charge in [0.15, 0.2) is 9.84 Å². The molecule has 1 N–H and O–H groups in total. The number of anilines is 1. The van der Waals surface area contributed by atoms with Gasteiger partial charge >= 0.3 is 0 Å². The summed E-state index contributed by atoms with van der Waals surface area (Å²) in [6.45, 7) is 3.15. The van der Waals surface area contributed by atoms with E-state index in [2.05, 4.69) is 10.2 Å². The summed E-state index contributed by atoms with van der Waals surface area (Å²) in [4.78, 5) is 31.7. The number of nitrogens with zero attached hydrogens (tertiary/aromatic N) is 3. The Kier molecular flexibility index (Phi) is 8.21. The van der Waals surface area contributed by atoms with E-state index in [1.807, 2.05) is 9.80 Å². The number of benzene rings is 1. The molecule has 1 aromatic carbocycles. The Morgan fingerprint density at radius 3 is 2.26 bits per heavy atom. The van der Waals surface area contributed by atoms with Crippen LogP contribution in [0.5, 0.6) is 0 Å². The molecule has 4 rings (SSSR count). The van der Waals surface area contributed by atoms with Crippen molar-refractivity contribution in [2.24, 2.45) is 0 Å². The maximum atomic E-state index is 13.4. The molecule has 1 saturated carbocycles. The number of halogens is 1. The Hall–Kier alpha value is -2.04. The lowest BCUT2D eigenvalue weighted by Crippen LogP contribution is -2.55. The monoisotopic (exact) mass is 494 g/mol. The van der Waals surface area contributed by atoms with Crippen LogP contribution in [0.25, 0.3) is 0 Å². The molecule has 2 saturated heterocycles. The summed E-state index contributed by atoms with van der Waals surface area (Å²) in [5.74, 6) is -0.297. The van der Waals surface area contributed by atoms with E-state index in [1.165, 1.54) is 18.6 Å².